The molecule has 4 rings (SSSR count). The van der Waals surface area contributed by atoms with E-state index in [1.807, 2.05) is 31.0 Å². The highest BCUT2D eigenvalue weighted by molar-refractivity contribution is 5.92. The van der Waals surface area contributed by atoms with Crippen molar-refractivity contribution in [3.8, 4) is 0 Å². The number of allylic oxidation sites excluding steroid dienone is 2. The molecule has 1 aromatic carbocycles. The molecule has 2 heterocycles. The molecule has 1 N–H and O–H groups in total. The lowest BCUT2D eigenvalue weighted by atomic mass is 9.93. The first kappa shape index (κ1) is 18.5. The van der Waals surface area contributed by atoms with Gasteiger partial charge in [0.2, 0.25) is 0 Å². The van der Waals surface area contributed by atoms with E-state index < -0.39 is 0 Å². The fourth-order valence-electron chi connectivity index (χ4n) is 4.03. The lowest BCUT2D eigenvalue weighted by Crippen LogP contribution is -2.37. The van der Waals surface area contributed by atoms with Crippen LogP contribution in [0.2, 0.25) is 0 Å². The molecule has 2 aromatic heterocycles. The van der Waals surface area contributed by atoms with Crippen molar-refractivity contribution in [2.45, 2.75) is 32.6 Å². The molecule has 5 heteroatoms. The Morgan fingerprint density at radius 1 is 1.32 bits per heavy atom. The van der Waals surface area contributed by atoms with Crippen LogP contribution in [0, 0.1) is 12.8 Å². The largest absolute Gasteiger partial charge is 0.361 e. The molecule has 0 unspecified atom stereocenters. The van der Waals surface area contributed by atoms with Crippen LogP contribution in [-0.2, 0) is 13.5 Å². The summed E-state index contributed by atoms with van der Waals surface area (Å²) in [5.41, 5.74) is 3.95. The number of para-hydroxylation sites is 1. The van der Waals surface area contributed by atoms with Crippen LogP contribution in [0.1, 0.15) is 41.0 Å². The molecular weight excluding hydrogens is 348 g/mol. The number of H-pyrrole nitrogens is 1. The average molecular weight is 377 g/mol. The Balaban J connectivity index is 1.53. The van der Waals surface area contributed by atoms with Gasteiger partial charge >= 0.3 is 0 Å². The predicted molar refractivity (Wildman–Crippen MR) is 112 cm³/mol. The maximum Gasteiger partial charge on any atom is 0.274 e. The quantitative estimate of drug-likeness (QED) is 0.654. The first-order valence-corrected chi connectivity index (χ1v) is 10.1. The van der Waals surface area contributed by atoms with Gasteiger partial charge < -0.3 is 9.88 Å². The Bertz CT molecular complexity index is 978. The SMILES string of the molecule is Cc1cc(C(=O)N(CCc2c[nH]c3ccccc23)C[C@H]2CC=CCC2)nn1C. The molecule has 0 spiro atoms. The van der Waals surface area contributed by atoms with Gasteiger partial charge in [-0.25, -0.2) is 0 Å². The number of nitrogens with zero attached hydrogens (tertiary/aromatic N) is 3. The van der Waals surface area contributed by atoms with Crippen molar-refractivity contribution in [3.05, 3.63) is 65.6 Å². The second kappa shape index (κ2) is 8.05. The molecule has 146 valence electrons. The molecule has 0 fully saturated rings. The van der Waals surface area contributed by atoms with Gasteiger partial charge in [-0.05, 0) is 56.2 Å². The van der Waals surface area contributed by atoms with Crippen LogP contribution in [-0.4, -0.2) is 38.7 Å². The van der Waals surface area contributed by atoms with Crippen molar-refractivity contribution in [1.29, 1.82) is 0 Å². The summed E-state index contributed by atoms with van der Waals surface area (Å²) in [6.07, 6.45) is 10.7. The minimum absolute atomic E-state index is 0.0399. The molecule has 1 atom stereocenters. The van der Waals surface area contributed by atoms with Gasteiger partial charge in [0.05, 0.1) is 0 Å². The number of amides is 1. The molecule has 5 nitrogen and oxygen atoms in total. The Labute approximate surface area is 166 Å². The second-order valence-corrected chi connectivity index (χ2v) is 7.81. The van der Waals surface area contributed by atoms with E-state index in [4.69, 9.17) is 0 Å². The summed E-state index contributed by atoms with van der Waals surface area (Å²) in [5.74, 6) is 0.569. The average Bonchev–Trinajstić information content (AvgIpc) is 3.28. The third-order valence-electron chi connectivity index (χ3n) is 5.80. The molecule has 1 aliphatic rings. The van der Waals surface area contributed by atoms with Crippen molar-refractivity contribution in [2.24, 2.45) is 13.0 Å². The molecule has 0 saturated carbocycles. The standard InChI is InChI=1S/C23H28N4O/c1-17-14-22(25-26(17)2)23(28)27(16-18-8-4-3-5-9-18)13-12-19-15-24-21-11-7-6-10-20(19)21/h3-4,6-7,10-11,14-15,18,24H,5,8-9,12-13,16H2,1-2H3/t18-/m0/s1. The summed E-state index contributed by atoms with van der Waals surface area (Å²) in [5, 5.41) is 5.66. The summed E-state index contributed by atoms with van der Waals surface area (Å²) in [7, 11) is 1.88. The predicted octanol–water partition coefficient (Wildman–Crippen LogP) is 4.25. The topological polar surface area (TPSA) is 53.9 Å². The van der Waals surface area contributed by atoms with E-state index in [2.05, 4.69) is 46.6 Å². The Morgan fingerprint density at radius 3 is 2.93 bits per heavy atom. The summed E-state index contributed by atoms with van der Waals surface area (Å²) in [4.78, 5) is 18.6. The van der Waals surface area contributed by atoms with Crippen molar-refractivity contribution in [1.82, 2.24) is 19.7 Å². The summed E-state index contributed by atoms with van der Waals surface area (Å²) < 4.78 is 1.77. The molecule has 0 saturated heterocycles. The number of fused-ring (bicyclic) bond motifs is 1. The monoisotopic (exact) mass is 376 g/mol. The highest BCUT2D eigenvalue weighted by Gasteiger charge is 2.23. The van der Waals surface area contributed by atoms with Crippen molar-refractivity contribution in [3.63, 3.8) is 0 Å². The van der Waals surface area contributed by atoms with Gasteiger partial charge in [0.1, 0.15) is 0 Å². The highest BCUT2D eigenvalue weighted by Crippen LogP contribution is 2.22. The minimum Gasteiger partial charge on any atom is -0.361 e. The maximum absolute atomic E-state index is 13.2. The number of aromatic amines is 1. The second-order valence-electron chi connectivity index (χ2n) is 7.81. The first-order chi connectivity index (χ1) is 13.6. The zero-order valence-corrected chi connectivity index (χ0v) is 16.7. The number of hydrogen-bond acceptors (Lipinski definition) is 2. The van der Waals surface area contributed by atoms with Crippen molar-refractivity contribution in [2.75, 3.05) is 13.1 Å². The normalized spacial score (nSPS) is 16.6. The lowest BCUT2D eigenvalue weighted by Gasteiger charge is -2.28. The van der Waals surface area contributed by atoms with Gasteiger partial charge in [-0.2, -0.15) is 5.10 Å². The van der Waals surface area contributed by atoms with Crippen LogP contribution >= 0.6 is 0 Å². The van der Waals surface area contributed by atoms with Gasteiger partial charge in [-0.3, -0.25) is 9.48 Å². The first-order valence-electron chi connectivity index (χ1n) is 10.1. The molecule has 28 heavy (non-hydrogen) atoms. The number of benzene rings is 1. The van der Waals surface area contributed by atoms with E-state index in [9.17, 15) is 4.79 Å². The van der Waals surface area contributed by atoms with E-state index in [1.54, 1.807) is 4.68 Å². The number of rotatable bonds is 6. The summed E-state index contributed by atoms with van der Waals surface area (Å²) in [6, 6.07) is 10.2. The fourth-order valence-corrected chi connectivity index (χ4v) is 4.03. The number of carbonyl (C=O) groups excluding carboxylic acids is 1. The van der Waals surface area contributed by atoms with Crippen LogP contribution < -0.4 is 0 Å². The van der Waals surface area contributed by atoms with Gasteiger partial charge in [0, 0.05) is 42.9 Å². The smallest absolute Gasteiger partial charge is 0.274 e. The number of nitrogens with one attached hydrogen (secondary N) is 1. The number of aromatic nitrogens is 3. The molecule has 0 bridgehead atoms. The molecule has 0 radical (unpaired) electrons. The third kappa shape index (κ3) is 3.88. The van der Waals surface area contributed by atoms with Gasteiger partial charge in [-0.1, -0.05) is 30.4 Å². The van der Waals surface area contributed by atoms with Crippen molar-refractivity contribution >= 4 is 16.8 Å². The molecule has 0 aliphatic heterocycles. The van der Waals surface area contributed by atoms with Crippen molar-refractivity contribution < 1.29 is 4.79 Å². The Morgan fingerprint density at radius 2 is 2.18 bits per heavy atom. The zero-order valence-electron chi connectivity index (χ0n) is 16.7. The number of hydrogen-bond donors (Lipinski definition) is 1. The highest BCUT2D eigenvalue weighted by atomic mass is 16.2. The number of carbonyl (C=O) groups is 1. The van der Waals surface area contributed by atoms with Crippen LogP contribution in [0.25, 0.3) is 10.9 Å². The zero-order chi connectivity index (χ0) is 19.5. The van der Waals surface area contributed by atoms with E-state index in [-0.39, 0.29) is 5.91 Å². The molecule has 1 amide bonds. The Kier molecular flexibility index (Phi) is 5.33. The van der Waals surface area contributed by atoms with Gasteiger partial charge in [-0.15, -0.1) is 0 Å². The van der Waals surface area contributed by atoms with Gasteiger partial charge in [0.25, 0.3) is 5.91 Å². The third-order valence-corrected chi connectivity index (χ3v) is 5.80. The van der Waals surface area contributed by atoms with Crippen LogP contribution in [0.3, 0.4) is 0 Å². The van der Waals surface area contributed by atoms with Crippen LogP contribution in [0.15, 0.2) is 48.7 Å². The molecule has 3 aromatic rings. The fraction of sp³-hybridized carbons (Fsp3) is 0.391. The van der Waals surface area contributed by atoms with E-state index in [0.717, 1.165) is 43.4 Å². The van der Waals surface area contributed by atoms with Gasteiger partial charge in [0.15, 0.2) is 5.69 Å². The van der Waals surface area contributed by atoms with E-state index in [1.165, 1.54) is 10.9 Å². The molecule has 1 aliphatic carbocycles. The number of aryl methyl sites for hydroxylation is 2. The maximum atomic E-state index is 13.2. The lowest BCUT2D eigenvalue weighted by molar-refractivity contribution is 0.0719. The van der Waals surface area contributed by atoms with E-state index in [0.29, 0.717) is 18.2 Å². The molecular formula is C23H28N4O. The summed E-state index contributed by atoms with van der Waals surface area (Å²) >= 11 is 0. The Hall–Kier alpha value is -2.82. The van der Waals surface area contributed by atoms with Crippen LogP contribution in [0.4, 0.5) is 0 Å². The minimum atomic E-state index is 0.0399. The summed E-state index contributed by atoms with van der Waals surface area (Å²) in [6.45, 7) is 3.48. The van der Waals surface area contributed by atoms with Crippen LogP contribution in [0.5, 0.6) is 0 Å². The van der Waals surface area contributed by atoms with E-state index >= 15 is 0 Å².